The lowest BCUT2D eigenvalue weighted by Gasteiger charge is -2.34. The molecule has 4 atom stereocenters. The van der Waals surface area contributed by atoms with Crippen molar-refractivity contribution in [2.24, 2.45) is 11.8 Å². The molecule has 0 radical (unpaired) electrons. The Bertz CT molecular complexity index is 496. The van der Waals surface area contributed by atoms with Crippen molar-refractivity contribution in [1.29, 1.82) is 5.26 Å². The van der Waals surface area contributed by atoms with Gasteiger partial charge in [-0.2, -0.15) is 5.26 Å². The van der Waals surface area contributed by atoms with Gasteiger partial charge >= 0.3 is 0 Å². The smallest absolute Gasteiger partial charge is 0.0624 e. The molecule has 1 aliphatic carbocycles. The molecule has 1 aromatic carbocycles. The summed E-state index contributed by atoms with van der Waals surface area (Å²) in [6, 6.07) is 11.1. The SMILES string of the molecule is N#CCC1CCCC2NNC(c3cccc(Cl)c3)C12. The lowest BCUT2D eigenvalue weighted by atomic mass is 9.71. The molecule has 3 nitrogen and oxygen atoms in total. The van der Waals surface area contributed by atoms with Crippen LogP contribution in [0.4, 0.5) is 0 Å². The summed E-state index contributed by atoms with van der Waals surface area (Å²) >= 11 is 6.10. The molecule has 2 fully saturated rings. The summed E-state index contributed by atoms with van der Waals surface area (Å²) in [5.74, 6) is 0.974. The van der Waals surface area contributed by atoms with Gasteiger partial charge < -0.3 is 0 Å². The van der Waals surface area contributed by atoms with E-state index in [-0.39, 0.29) is 6.04 Å². The zero-order valence-corrected chi connectivity index (χ0v) is 11.5. The highest BCUT2D eigenvalue weighted by atomic mass is 35.5. The Labute approximate surface area is 118 Å². The first kappa shape index (κ1) is 12.9. The number of hydrazine groups is 1. The van der Waals surface area contributed by atoms with E-state index in [9.17, 15) is 0 Å². The van der Waals surface area contributed by atoms with Crippen LogP contribution in [0.1, 0.15) is 37.3 Å². The number of hydrogen-bond donors (Lipinski definition) is 2. The van der Waals surface area contributed by atoms with Crippen LogP contribution in [0.2, 0.25) is 5.02 Å². The summed E-state index contributed by atoms with van der Waals surface area (Å²) in [5, 5.41) is 9.80. The summed E-state index contributed by atoms with van der Waals surface area (Å²) < 4.78 is 0. The quantitative estimate of drug-likeness (QED) is 0.871. The van der Waals surface area contributed by atoms with E-state index in [1.54, 1.807) is 0 Å². The predicted octanol–water partition coefficient (Wildman–Crippen LogP) is 3.19. The van der Waals surface area contributed by atoms with Crippen LogP contribution in [0, 0.1) is 23.2 Å². The van der Waals surface area contributed by atoms with Crippen molar-refractivity contribution in [1.82, 2.24) is 10.9 Å². The van der Waals surface area contributed by atoms with E-state index < -0.39 is 0 Å². The predicted molar refractivity (Wildman–Crippen MR) is 75.3 cm³/mol. The first-order valence-corrected chi connectivity index (χ1v) is 7.31. The van der Waals surface area contributed by atoms with E-state index >= 15 is 0 Å². The second-order valence-corrected chi connectivity index (χ2v) is 5.99. The molecule has 4 heteroatoms. The number of rotatable bonds is 2. The lowest BCUT2D eigenvalue weighted by Crippen LogP contribution is -2.36. The Morgan fingerprint density at radius 2 is 2.21 bits per heavy atom. The molecule has 2 N–H and O–H groups in total. The third-order valence-corrected chi connectivity index (χ3v) is 4.70. The van der Waals surface area contributed by atoms with Crippen LogP contribution >= 0.6 is 11.6 Å². The van der Waals surface area contributed by atoms with Gasteiger partial charge in [0.1, 0.15) is 0 Å². The van der Waals surface area contributed by atoms with Crippen LogP contribution in [-0.2, 0) is 0 Å². The molecule has 100 valence electrons. The van der Waals surface area contributed by atoms with Crippen molar-refractivity contribution in [2.45, 2.75) is 37.8 Å². The van der Waals surface area contributed by atoms with E-state index in [1.165, 1.54) is 18.4 Å². The van der Waals surface area contributed by atoms with Crippen molar-refractivity contribution in [3.63, 3.8) is 0 Å². The average Bonchev–Trinajstić information content (AvgIpc) is 2.84. The van der Waals surface area contributed by atoms with Crippen molar-refractivity contribution < 1.29 is 0 Å². The van der Waals surface area contributed by atoms with Crippen LogP contribution in [-0.4, -0.2) is 6.04 Å². The fourth-order valence-corrected chi connectivity index (χ4v) is 3.84. The van der Waals surface area contributed by atoms with Gasteiger partial charge in [0.25, 0.3) is 0 Å². The van der Waals surface area contributed by atoms with Crippen molar-refractivity contribution in [3.05, 3.63) is 34.9 Å². The molecule has 1 saturated heterocycles. The van der Waals surface area contributed by atoms with Crippen molar-refractivity contribution in [2.75, 3.05) is 0 Å². The topological polar surface area (TPSA) is 47.9 Å². The Morgan fingerprint density at radius 3 is 3.00 bits per heavy atom. The highest BCUT2D eigenvalue weighted by Crippen LogP contribution is 2.43. The Kier molecular flexibility index (Phi) is 3.74. The van der Waals surface area contributed by atoms with Crippen molar-refractivity contribution >= 4 is 11.6 Å². The van der Waals surface area contributed by atoms with Gasteiger partial charge in [0.05, 0.1) is 12.1 Å². The average molecular weight is 276 g/mol. The second kappa shape index (κ2) is 5.50. The molecule has 2 aliphatic rings. The van der Waals surface area contributed by atoms with Gasteiger partial charge in [-0.25, -0.2) is 5.43 Å². The van der Waals surface area contributed by atoms with Gasteiger partial charge in [0, 0.05) is 23.4 Å². The van der Waals surface area contributed by atoms with Gasteiger partial charge in [0.2, 0.25) is 0 Å². The molecule has 3 rings (SSSR count). The van der Waals surface area contributed by atoms with Crippen LogP contribution in [0.3, 0.4) is 0 Å². The summed E-state index contributed by atoms with van der Waals surface area (Å²) in [6.45, 7) is 0. The molecule has 0 bridgehead atoms. The second-order valence-electron chi connectivity index (χ2n) is 5.56. The minimum Gasteiger partial charge on any atom is -0.254 e. The van der Waals surface area contributed by atoms with Gasteiger partial charge in [-0.05, 0) is 36.5 Å². The number of hydrogen-bond acceptors (Lipinski definition) is 3. The fourth-order valence-electron chi connectivity index (χ4n) is 3.64. The molecule has 1 saturated carbocycles. The summed E-state index contributed by atoms with van der Waals surface area (Å²) in [5.41, 5.74) is 8.04. The van der Waals surface area contributed by atoms with E-state index in [2.05, 4.69) is 23.0 Å². The molecule has 0 amide bonds. The Balaban J connectivity index is 1.88. The van der Waals surface area contributed by atoms with Crippen molar-refractivity contribution in [3.8, 4) is 6.07 Å². The number of halogens is 1. The monoisotopic (exact) mass is 275 g/mol. The largest absolute Gasteiger partial charge is 0.254 e. The highest BCUT2D eigenvalue weighted by Gasteiger charge is 2.43. The van der Waals surface area contributed by atoms with Gasteiger partial charge in [-0.15, -0.1) is 0 Å². The molecular formula is C15H18ClN3. The molecule has 0 spiro atoms. The minimum absolute atomic E-state index is 0.266. The van der Waals surface area contributed by atoms with Gasteiger partial charge in [-0.1, -0.05) is 30.2 Å². The van der Waals surface area contributed by atoms with Gasteiger partial charge in [0.15, 0.2) is 0 Å². The lowest BCUT2D eigenvalue weighted by molar-refractivity contribution is 0.206. The molecular weight excluding hydrogens is 258 g/mol. The van der Waals surface area contributed by atoms with Crippen LogP contribution < -0.4 is 10.9 Å². The first-order chi connectivity index (χ1) is 9.29. The van der Waals surface area contributed by atoms with Crippen LogP contribution in [0.15, 0.2) is 24.3 Å². The molecule has 4 unspecified atom stereocenters. The third-order valence-electron chi connectivity index (χ3n) is 4.47. The number of nitrogens with zero attached hydrogens (tertiary/aromatic N) is 1. The third kappa shape index (κ3) is 2.49. The number of nitriles is 1. The maximum atomic E-state index is 9.03. The molecule has 1 aliphatic heterocycles. The molecule has 19 heavy (non-hydrogen) atoms. The van der Waals surface area contributed by atoms with E-state index in [0.29, 0.717) is 24.3 Å². The number of fused-ring (bicyclic) bond motifs is 1. The zero-order valence-electron chi connectivity index (χ0n) is 10.8. The standard InChI is InChI=1S/C15H18ClN3/c16-12-5-1-4-11(9-12)15-14-10(7-8-17)3-2-6-13(14)18-19-15/h1,4-5,9-10,13-15,18-19H,2-3,6-7H2. The molecule has 1 aromatic rings. The summed E-state index contributed by atoms with van der Waals surface area (Å²) in [7, 11) is 0. The number of nitrogens with one attached hydrogen (secondary N) is 2. The zero-order chi connectivity index (χ0) is 13.2. The highest BCUT2D eigenvalue weighted by molar-refractivity contribution is 6.30. The molecule has 0 aromatic heterocycles. The molecule has 1 heterocycles. The summed E-state index contributed by atoms with van der Waals surface area (Å²) in [6.07, 6.45) is 4.22. The first-order valence-electron chi connectivity index (χ1n) is 6.93. The van der Waals surface area contributed by atoms with E-state index in [4.69, 9.17) is 16.9 Å². The van der Waals surface area contributed by atoms with Crippen LogP contribution in [0.5, 0.6) is 0 Å². The Morgan fingerprint density at radius 1 is 1.32 bits per heavy atom. The minimum atomic E-state index is 0.266. The van der Waals surface area contributed by atoms with Gasteiger partial charge in [-0.3, -0.25) is 5.43 Å². The number of benzene rings is 1. The van der Waals surface area contributed by atoms with E-state index in [0.717, 1.165) is 11.4 Å². The fraction of sp³-hybridized carbons (Fsp3) is 0.533. The normalized spacial score (nSPS) is 33.7. The van der Waals surface area contributed by atoms with Crippen LogP contribution in [0.25, 0.3) is 0 Å². The Hall–Kier alpha value is -1.08. The maximum Gasteiger partial charge on any atom is 0.0624 e. The maximum absolute atomic E-state index is 9.03. The summed E-state index contributed by atoms with van der Waals surface area (Å²) in [4.78, 5) is 0. The van der Waals surface area contributed by atoms with E-state index in [1.807, 2.05) is 18.2 Å².